The Kier molecular flexibility index (Phi) is 5.47. The second-order valence-electron chi connectivity index (χ2n) is 2.31. The quantitative estimate of drug-likeness (QED) is 0.488. The third kappa shape index (κ3) is 7.06. The monoisotopic (exact) mass is 158 g/mol. The van der Waals surface area contributed by atoms with E-state index in [0.717, 1.165) is 0 Å². The van der Waals surface area contributed by atoms with Gasteiger partial charge in [0.1, 0.15) is 0 Å². The standard InChI is InChI=1S/C8H14O3/c1-3-4-8(10)11-6-5-7(2)9/h3-4,7,9H,5-6H2,1-2H3/b4-3+. The van der Waals surface area contributed by atoms with Gasteiger partial charge in [0.05, 0.1) is 12.7 Å². The van der Waals surface area contributed by atoms with Gasteiger partial charge in [-0.25, -0.2) is 4.79 Å². The Bertz CT molecular complexity index is 138. The van der Waals surface area contributed by atoms with Crippen molar-refractivity contribution in [1.29, 1.82) is 0 Å². The largest absolute Gasteiger partial charge is 0.462 e. The summed E-state index contributed by atoms with van der Waals surface area (Å²) in [6.45, 7) is 3.68. The molecule has 1 unspecified atom stereocenters. The van der Waals surface area contributed by atoms with Crippen LogP contribution in [-0.2, 0) is 9.53 Å². The summed E-state index contributed by atoms with van der Waals surface area (Å²) < 4.78 is 4.71. The van der Waals surface area contributed by atoms with Crippen LogP contribution in [0.2, 0.25) is 0 Å². The van der Waals surface area contributed by atoms with Gasteiger partial charge in [-0.2, -0.15) is 0 Å². The van der Waals surface area contributed by atoms with Crippen LogP contribution in [0.25, 0.3) is 0 Å². The zero-order valence-corrected chi connectivity index (χ0v) is 6.91. The molecule has 0 aromatic heterocycles. The Balaban J connectivity index is 3.32. The highest BCUT2D eigenvalue weighted by atomic mass is 16.5. The first-order valence-corrected chi connectivity index (χ1v) is 3.64. The molecule has 0 spiro atoms. The second kappa shape index (κ2) is 5.92. The molecule has 0 saturated heterocycles. The third-order valence-electron chi connectivity index (χ3n) is 1.08. The van der Waals surface area contributed by atoms with Crippen LogP contribution in [0.5, 0.6) is 0 Å². The molecule has 0 saturated carbocycles. The first-order valence-electron chi connectivity index (χ1n) is 3.64. The molecule has 11 heavy (non-hydrogen) atoms. The molecular formula is C8H14O3. The van der Waals surface area contributed by atoms with Crippen molar-refractivity contribution in [2.45, 2.75) is 26.4 Å². The molecule has 0 aliphatic carbocycles. The predicted molar refractivity (Wildman–Crippen MR) is 42.1 cm³/mol. The average molecular weight is 158 g/mol. The van der Waals surface area contributed by atoms with Crippen LogP contribution < -0.4 is 0 Å². The number of ether oxygens (including phenoxy) is 1. The molecule has 0 aromatic carbocycles. The maximum absolute atomic E-state index is 10.6. The van der Waals surface area contributed by atoms with Gasteiger partial charge < -0.3 is 9.84 Å². The first kappa shape index (κ1) is 10.2. The van der Waals surface area contributed by atoms with E-state index in [0.29, 0.717) is 6.42 Å². The fraction of sp³-hybridized carbons (Fsp3) is 0.625. The van der Waals surface area contributed by atoms with Crippen LogP contribution in [0.3, 0.4) is 0 Å². The number of hydrogen-bond acceptors (Lipinski definition) is 3. The van der Waals surface area contributed by atoms with Gasteiger partial charge in [0.2, 0.25) is 0 Å². The lowest BCUT2D eigenvalue weighted by Gasteiger charge is -2.03. The summed E-state index contributed by atoms with van der Waals surface area (Å²) in [5, 5.41) is 8.79. The van der Waals surface area contributed by atoms with Gasteiger partial charge in [-0.1, -0.05) is 6.08 Å². The number of aliphatic hydroxyl groups excluding tert-OH is 1. The molecule has 0 bridgehead atoms. The summed E-state index contributed by atoms with van der Waals surface area (Å²) in [4.78, 5) is 10.6. The van der Waals surface area contributed by atoms with Gasteiger partial charge in [-0.3, -0.25) is 0 Å². The van der Waals surface area contributed by atoms with Crippen LogP contribution in [0.15, 0.2) is 12.2 Å². The molecule has 0 aliphatic heterocycles. The van der Waals surface area contributed by atoms with Gasteiger partial charge in [-0.15, -0.1) is 0 Å². The maximum Gasteiger partial charge on any atom is 0.330 e. The maximum atomic E-state index is 10.6. The van der Waals surface area contributed by atoms with E-state index in [9.17, 15) is 4.79 Å². The van der Waals surface area contributed by atoms with Crippen molar-refractivity contribution in [3.05, 3.63) is 12.2 Å². The fourth-order valence-corrected chi connectivity index (χ4v) is 0.514. The summed E-state index contributed by atoms with van der Waals surface area (Å²) in [6.07, 6.45) is 3.05. The Hall–Kier alpha value is -0.830. The minimum atomic E-state index is -0.409. The molecule has 3 nitrogen and oxygen atoms in total. The van der Waals surface area contributed by atoms with Crippen molar-refractivity contribution in [3.63, 3.8) is 0 Å². The lowest BCUT2D eigenvalue weighted by molar-refractivity contribution is -0.138. The van der Waals surface area contributed by atoms with Gasteiger partial charge in [0, 0.05) is 12.5 Å². The van der Waals surface area contributed by atoms with Crippen molar-refractivity contribution in [2.24, 2.45) is 0 Å². The Labute approximate surface area is 66.7 Å². The van der Waals surface area contributed by atoms with Gasteiger partial charge >= 0.3 is 5.97 Å². The number of hydrogen-bond donors (Lipinski definition) is 1. The van der Waals surface area contributed by atoms with Crippen molar-refractivity contribution in [3.8, 4) is 0 Å². The first-order chi connectivity index (χ1) is 5.16. The summed E-state index contributed by atoms with van der Waals surface area (Å²) in [5.41, 5.74) is 0. The lowest BCUT2D eigenvalue weighted by atomic mass is 10.3. The molecule has 1 atom stereocenters. The summed E-state index contributed by atoms with van der Waals surface area (Å²) in [6, 6.07) is 0. The molecule has 0 amide bonds. The second-order valence-corrected chi connectivity index (χ2v) is 2.31. The van der Waals surface area contributed by atoms with Gasteiger partial charge in [0.15, 0.2) is 0 Å². The number of aliphatic hydroxyl groups is 1. The smallest absolute Gasteiger partial charge is 0.330 e. The number of allylic oxidation sites excluding steroid dienone is 1. The van der Waals surface area contributed by atoms with Crippen molar-refractivity contribution >= 4 is 5.97 Å². The van der Waals surface area contributed by atoms with Crippen LogP contribution in [0.4, 0.5) is 0 Å². The number of carbonyl (C=O) groups excluding carboxylic acids is 1. The zero-order valence-electron chi connectivity index (χ0n) is 6.91. The zero-order chi connectivity index (χ0) is 8.69. The van der Waals surface area contributed by atoms with E-state index in [1.807, 2.05) is 0 Å². The molecule has 0 heterocycles. The van der Waals surface area contributed by atoms with Gasteiger partial charge in [0.25, 0.3) is 0 Å². The Morgan fingerprint density at radius 3 is 2.82 bits per heavy atom. The Morgan fingerprint density at radius 1 is 1.73 bits per heavy atom. The van der Waals surface area contributed by atoms with Crippen molar-refractivity contribution in [2.75, 3.05) is 6.61 Å². The average Bonchev–Trinajstić information content (AvgIpc) is 1.87. The van der Waals surface area contributed by atoms with Crippen molar-refractivity contribution < 1.29 is 14.6 Å². The highest BCUT2D eigenvalue weighted by Crippen LogP contribution is 1.91. The lowest BCUT2D eigenvalue weighted by Crippen LogP contribution is -2.08. The number of esters is 1. The molecule has 0 radical (unpaired) electrons. The Morgan fingerprint density at radius 2 is 2.36 bits per heavy atom. The molecule has 0 aromatic rings. The van der Waals surface area contributed by atoms with Gasteiger partial charge in [-0.05, 0) is 13.8 Å². The summed E-state index contributed by atoms with van der Waals surface area (Å²) in [5.74, 6) is -0.354. The SMILES string of the molecule is C/C=C/C(=O)OCCC(C)O. The van der Waals surface area contributed by atoms with Crippen LogP contribution in [-0.4, -0.2) is 23.8 Å². The molecule has 64 valence electrons. The molecule has 0 rings (SSSR count). The molecule has 1 N–H and O–H groups in total. The molecule has 3 heteroatoms. The van der Waals surface area contributed by atoms with E-state index in [-0.39, 0.29) is 12.6 Å². The van der Waals surface area contributed by atoms with E-state index in [1.165, 1.54) is 6.08 Å². The van der Waals surface area contributed by atoms with Crippen LogP contribution >= 0.6 is 0 Å². The molecule has 0 aliphatic rings. The van der Waals surface area contributed by atoms with E-state index >= 15 is 0 Å². The highest BCUT2D eigenvalue weighted by Gasteiger charge is 1.98. The summed E-state index contributed by atoms with van der Waals surface area (Å²) in [7, 11) is 0. The normalized spacial score (nSPS) is 13.4. The minimum Gasteiger partial charge on any atom is -0.462 e. The van der Waals surface area contributed by atoms with Crippen LogP contribution in [0.1, 0.15) is 20.3 Å². The van der Waals surface area contributed by atoms with E-state index in [2.05, 4.69) is 0 Å². The molecule has 0 fully saturated rings. The number of rotatable bonds is 4. The topological polar surface area (TPSA) is 46.5 Å². The van der Waals surface area contributed by atoms with E-state index in [4.69, 9.17) is 9.84 Å². The number of carbonyl (C=O) groups is 1. The highest BCUT2D eigenvalue weighted by molar-refractivity contribution is 5.81. The minimum absolute atomic E-state index is 0.279. The fourth-order valence-electron chi connectivity index (χ4n) is 0.514. The van der Waals surface area contributed by atoms with Crippen LogP contribution in [0, 0.1) is 0 Å². The van der Waals surface area contributed by atoms with E-state index in [1.54, 1.807) is 19.9 Å². The summed E-state index contributed by atoms with van der Waals surface area (Å²) >= 11 is 0. The predicted octanol–water partition coefficient (Wildman–Crippen LogP) is 0.877. The van der Waals surface area contributed by atoms with E-state index < -0.39 is 6.10 Å². The molecular weight excluding hydrogens is 144 g/mol. The van der Waals surface area contributed by atoms with Crippen molar-refractivity contribution in [1.82, 2.24) is 0 Å². The third-order valence-corrected chi connectivity index (χ3v) is 1.08.